The number of aromatic amines is 1. The first-order valence-corrected chi connectivity index (χ1v) is 10.9. The zero-order valence-electron chi connectivity index (χ0n) is 16.9. The number of para-hydroxylation sites is 1. The van der Waals surface area contributed by atoms with Crippen molar-refractivity contribution in [2.45, 2.75) is 30.3 Å². The molecule has 2 aromatic rings. The second-order valence-corrected chi connectivity index (χ2v) is 9.03. The molecule has 29 heavy (non-hydrogen) atoms. The molecule has 9 heteroatoms. The van der Waals surface area contributed by atoms with Crippen LogP contribution in [0, 0.1) is 0 Å². The normalized spacial score (nSPS) is 16.1. The van der Waals surface area contributed by atoms with Crippen LogP contribution in [0.3, 0.4) is 0 Å². The maximum absolute atomic E-state index is 13.5. The number of likely N-dealkylation sites (tertiary alicyclic amines) is 1. The van der Waals surface area contributed by atoms with Crippen LogP contribution in [-0.2, 0) is 21.3 Å². The molecule has 0 aliphatic carbocycles. The fourth-order valence-electron chi connectivity index (χ4n) is 3.58. The van der Waals surface area contributed by atoms with E-state index in [1.54, 1.807) is 7.11 Å². The summed E-state index contributed by atoms with van der Waals surface area (Å²) in [5, 5.41) is 0. The van der Waals surface area contributed by atoms with Gasteiger partial charge in [-0.3, -0.25) is 0 Å². The largest absolute Gasteiger partial charge is 0.496 e. The number of carbonyl (C=O) groups excluding carboxylic acids is 1. The van der Waals surface area contributed by atoms with Gasteiger partial charge >= 0.3 is 5.97 Å². The molecule has 1 aliphatic heterocycles. The Labute approximate surface area is 171 Å². The fraction of sp³-hybridized carbons (Fsp3) is 0.450. The van der Waals surface area contributed by atoms with E-state index in [4.69, 9.17) is 4.74 Å². The van der Waals surface area contributed by atoms with Crippen molar-refractivity contribution in [2.75, 3.05) is 34.4 Å². The molecule has 1 fully saturated rings. The topological polar surface area (TPSA) is 91.9 Å². The predicted molar refractivity (Wildman–Crippen MR) is 108 cm³/mol. The molecule has 0 radical (unpaired) electrons. The number of nitrogens with one attached hydrogen (secondary N) is 1. The molecule has 3 rings (SSSR count). The number of methoxy groups -OCH3 is 2. The van der Waals surface area contributed by atoms with Crippen molar-refractivity contribution in [3.8, 4) is 5.75 Å². The van der Waals surface area contributed by atoms with Gasteiger partial charge in [-0.2, -0.15) is 4.31 Å². The van der Waals surface area contributed by atoms with Crippen molar-refractivity contribution in [1.82, 2.24) is 14.2 Å². The number of sulfonamides is 1. The highest BCUT2D eigenvalue weighted by atomic mass is 32.2. The third-order valence-electron chi connectivity index (χ3n) is 5.28. The SMILES string of the molecule is COC(=O)c1cc(S(=O)(=O)N(Cc2ccccc2OC)C2CCN(C)CC2)c[nH]1. The molecule has 158 valence electrons. The highest BCUT2D eigenvalue weighted by Gasteiger charge is 2.35. The van der Waals surface area contributed by atoms with Gasteiger partial charge in [-0.1, -0.05) is 18.2 Å². The smallest absolute Gasteiger partial charge is 0.354 e. The van der Waals surface area contributed by atoms with Gasteiger partial charge in [-0.25, -0.2) is 13.2 Å². The first-order valence-electron chi connectivity index (χ1n) is 9.46. The third-order valence-corrected chi connectivity index (χ3v) is 7.16. The Hall–Kier alpha value is -2.36. The zero-order valence-corrected chi connectivity index (χ0v) is 17.7. The number of nitrogens with zero attached hydrogens (tertiary/aromatic N) is 2. The van der Waals surface area contributed by atoms with Crippen LogP contribution < -0.4 is 4.74 Å². The monoisotopic (exact) mass is 421 g/mol. The summed E-state index contributed by atoms with van der Waals surface area (Å²) in [5.41, 5.74) is 0.896. The molecule has 0 atom stereocenters. The molecule has 1 saturated heterocycles. The van der Waals surface area contributed by atoms with Crippen LogP contribution in [0.1, 0.15) is 28.9 Å². The molecule has 0 unspecified atom stereocenters. The van der Waals surface area contributed by atoms with E-state index < -0.39 is 16.0 Å². The van der Waals surface area contributed by atoms with Crippen LogP contribution in [0.25, 0.3) is 0 Å². The molecule has 2 heterocycles. The van der Waals surface area contributed by atoms with Crippen LogP contribution in [0.4, 0.5) is 0 Å². The Kier molecular flexibility index (Phi) is 6.61. The maximum atomic E-state index is 13.5. The lowest BCUT2D eigenvalue weighted by atomic mass is 10.0. The molecule has 1 aromatic carbocycles. The van der Waals surface area contributed by atoms with Crippen molar-refractivity contribution in [3.05, 3.63) is 47.8 Å². The summed E-state index contributed by atoms with van der Waals surface area (Å²) in [6.07, 6.45) is 2.81. The number of esters is 1. The van der Waals surface area contributed by atoms with E-state index in [9.17, 15) is 13.2 Å². The van der Waals surface area contributed by atoms with Gasteiger partial charge in [0.05, 0.1) is 14.2 Å². The van der Waals surface area contributed by atoms with Crippen molar-refractivity contribution < 1.29 is 22.7 Å². The number of benzene rings is 1. The van der Waals surface area contributed by atoms with Gasteiger partial charge in [-0.15, -0.1) is 0 Å². The molecular weight excluding hydrogens is 394 g/mol. The molecule has 0 spiro atoms. The van der Waals surface area contributed by atoms with Gasteiger partial charge in [0.2, 0.25) is 10.0 Å². The molecule has 1 aromatic heterocycles. The Bertz CT molecular complexity index is 949. The minimum Gasteiger partial charge on any atom is -0.496 e. The van der Waals surface area contributed by atoms with Crippen LogP contribution in [-0.4, -0.2) is 69.0 Å². The van der Waals surface area contributed by atoms with Gasteiger partial charge in [0.15, 0.2) is 0 Å². The molecule has 1 N–H and O–H groups in total. The van der Waals surface area contributed by atoms with Gasteiger partial charge in [0.25, 0.3) is 0 Å². The first-order chi connectivity index (χ1) is 13.9. The highest BCUT2D eigenvalue weighted by molar-refractivity contribution is 7.89. The van der Waals surface area contributed by atoms with Crippen LogP contribution in [0.2, 0.25) is 0 Å². The van der Waals surface area contributed by atoms with Crippen molar-refractivity contribution >= 4 is 16.0 Å². The second kappa shape index (κ2) is 8.98. The second-order valence-electron chi connectivity index (χ2n) is 7.14. The van der Waals surface area contributed by atoms with Crippen molar-refractivity contribution in [3.63, 3.8) is 0 Å². The average Bonchev–Trinajstić information content (AvgIpc) is 3.23. The lowest BCUT2D eigenvalue weighted by Crippen LogP contribution is -2.46. The van der Waals surface area contributed by atoms with Gasteiger partial charge < -0.3 is 19.4 Å². The lowest BCUT2D eigenvalue weighted by molar-refractivity contribution is 0.0594. The summed E-state index contributed by atoms with van der Waals surface area (Å²) in [4.78, 5) is 16.7. The van der Waals surface area contributed by atoms with Crippen LogP contribution in [0.15, 0.2) is 41.4 Å². The van der Waals surface area contributed by atoms with Crippen molar-refractivity contribution in [1.29, 1.82) is 0 Å². The van der Waals surface area contributed by atoms with Crippen LogP contribution in [0.5, 0.6) is 5.75 Å². The first kappa shape index (κ1) is 21.4. The molecule has 0 amide bonds. The standard InChI is InChI=1S/C20H27N3O5S/c1-22-10-8-16(9-11-22)23(14-15-6-4-5-7-19(15)27-2)29(25,26)17-12-18(21-13-17)20(24)28-3/h4-7,12-13,16,21H,8-11,14H2,1-3H3. The summed E-state index contributed by atoms with van der Waals surface area (Å²) in [6.45, 7) is 1.84. The Balaban J connectivity index is 1.97. The minimum atomic E-state index is -3.84. The Morgan fingerprint density at radius 1 is 1.24 bits per heavy atom. The highest BCUT2D eigenvalue weighted by Crippen LogP contribution is 2.29. The minimum absolute atomic E-state index is 0.0479. The van der Waals surface area contributed by atoms with Gasteiger partial charge in [0, 0.05) is 24.3 Å². The van der Waals surface area contributed by atoms with E-state index in [1.165, 1.54) is 23.7 Å². The van der Waals surface area contributed by atoms with Crippen molar-refractivity contribution in [2.24, 2.45) is 0 Å². The molecule has 1 aliphatic rings. The number of hydrogen-bond donors (Lipinski definition) is 1. The van der Waals surface area contributed by atoms with E-state index in [0.29, 0.717) is 5.75 Å². The predicted octanol–water partition coefficient (Wildman–Crippen LogP) is 2.10. The summed E-state index contributed by atoms with van der Waals surface area (Å²) < 4.78 is 38.7. The van der Waals surface area contributed by atoms with Gasteiger partial charge in [-0.05, 0) is 45.1 Å². The molecule has 8 nitrogen and oxygen atoms in total. The van der Waals surface area contributed by atoms with E-state index in [2.05, 4.69) is 14.6 Å². The number of ether oxygens (including phenoxy) is 2. The fourth-order valence-corrected chi connectivity index (χ4v) is 5.24. The lowest BCUT2D eigenvalue weighted by Gasteiger charge is -2.36. The number of aromatic nitrogens is 1. The molecular formula is C20H27N3O5S. The summed E-state index contributed by atoms with van der Waals surface area (Å²) in [7, 11) is 1.02. The van der Waals surface area contributed by atoms with Crippen LogP contribution >= 0.6 is 0 Å². The average molecular weight is 422 g/mol. The van der Waals surface area contributed by atoms with E-state index in [-0.39, 0.29) is 23.2 Å². The van der Waals surface area contributed by atoms with Gasteiger partial charge in [0.1, 0.15) is 16.3 Å². The molecule has 0 saturated carbocycles. The third kappa shape index (κ3) is 4.63. The summed E-state index contributed by atoms with van der Waals surface area (Å²) in [6, 6.07) is 8.59. The number of hydrogen-bond acceptors (Lipinski definition) is 6. The quantitative estimate of drug-likeness (QED) is 0.689. The number of H-pyrrole nitrogens is 1. The zero-order chi connectivity index (χ0) is 21.0. The maximum Gasteiger partial charge on any atom is 0.354 e. The van der Waals surface area contributed by atoms with E-state index >= 15 is 0 Å². The summed E-state index contributed by atoms with van der Waals surface area (Å²) in [5.74, 6) is 0.0342. The molecule has 0 bridgehead atoms. The Morgan fingerprint density at radius 2 is 1.93 bits per heavy atom. The Morgan fingerprint density at radius 3 is 2.59 bits per heavy atom. The number of rotatable bonds is 7. The van der Waals surface area contributed by atoms with E-state index in [0.717, 1.165) is 31.5 Å². The number of piperidine rings is 1. The summed E-state index contributed by atoms with van der Waals surface area (Å²) >= 11 is 0. The number of carbonyl (C=O) groups is 1. The van der Waals surface area contributed by atoms with E-state index in [1.807, 2.05) is 31.3 Å².